The summed E-state index contributed by atoms with van der Waals surface area (Å²) >= 11 is 0. The van der Waals surface area contributed by atoms with Crippen LogP contribution in [-0.4, -0.2) is 33.3 Å². The van der Waals surface area contributed by atoms with Gasteiger partial charge in [0.15, 0.2) is 0 Å². The van der Waals surface area contributed by atoms with Crippen molar-refractivity contribution >= 4 is 11.6 Å². The van der Waals surface area contributed by atoms with Gasteiger partial charge in [-0.2, -0.15) is 0 Å². The maximum Gasteiger partial charge on any atom is 0.221 e. The van der Waals surface area contributed by atoms with Gasteiger partial charge in [-0.1, -0.05) is 36.4 Å². The Morgan fingerprint density at radius 2 is 2.00 bits per heavy atom. The maximum absolute atomic E-state index is 12.1. The van der Waals surface area contributed by atoms with Crippen LogP contribution < -0.4 is 5.32 Å². The number of carbonyl (C=O) groups excluding carboxylic acids is 1. The fourth-order valence-electron chi connectivity index (χ4n) is 3.55. The van der Waals surface area contributed by atoms with Crippen molar-refractivity contribution in [2.75, 3.05) is 13.1 Å². The Bertz CT molecular complexity index is 887. The third-order valence-corrected chi connectivity index (χ3v) is 4.84. The molecular formula is C20H22N4O. The Hall–Kier alpha value is -2.66. The smallest absolute Gasteiger partial charge is 0.221 e. The molecule has 0 unspecified atom stereocenters. The summed E-state index contributed by atoms with van der Waals surface area (Å²) in [5.41, 5.74) is 4.35. The Labute approximate surface area is 147 Å². The number of aromatic nitrogens is 2. The highest BCUT2D eigenvalue weighted by molar-refractivity contribution is 5.77. The summed E-state index contributed by atoms with van der Waals surface area (Å²) in [5.74, 6) is 0.113. The minimum absolute atomic E-state index is 0.0783. The van der Waals surface area contributed by atoms with E-state index < -0.39 is 0 Å². The SMILES string of the molecule is Cc1cccc2nc(CN3CCNC(=O)C[C@H]3c3ccccc3)cn12. The Morgan fingerprint density at radius 3 is 2.80 bits per heavy atom. The third kappa shape index (κ3) is 3.28. The number of pyridine rings is 1. The molecule has 2 aromatic heterocycles. The van der Waals surface area contributed by atoms with Gasteiger partial charge in [0, 0.05) is 44.0 Å². The van der Waals surface area contributed by atoms with Gasteiger partial charge in [-0.15, -0.1) is 0 Å². The van der Waals surface area contributed by atoms with E-state index in [0.29, 0.717) is 13.0 Å². The van der Waals surface area contributed by atoms with Crippen LogP contribution >= 0.6 is 0 Å². The van der Waals surface area contributed by atoms with Crippen LogP contribution in [0.5, 0.6) is 0 Å². The minimum Gasteiger partial charge on any atom is -0.355 e. The summed E-state index contributed by atoms with van der Waals surface area (Å²) in [5, 5.41) is 2.99. The van der Waals surface area contributed by atoms with Crippen molar-refractivity contribution in [3.63, 3.8) is 0 Å². The van der Waals surface area contributed by atoms with E-state index in [1.165, 1.54) is 11.3 Å². The van der Waals surface area contributed by atoms with Gasteiger partial charge in [-0.25, -0.2) is 4.98 Å². The van der Waals surface area contributed by atoms with Crippen LogP contribution in [0.15, 0.2) is 54.7 Å². The second-order valence-electron chi connectivity index (χ2n) is 6.58. The van der Waals surface area contributed by atoms with Gasteiger partial charge < -0.3 is 9.72 Å². The number of nitrogens with zero attached hydrogens (tertiary/aromatic N) is 3. The van der Waals surface area contributed by atoms with Crippen molar-refractivity contribution in [3.8, 4) is 0 Å². The summed E-state index contributed by atoms with van der Waals surface area (Å²) in [6.07, 6.45) is 2.59. The molecule has 1 fully saturated rings. The standard InChI is InChI=1S/C20H22N4O/c1-15-6-5-9-19-22-17(14-24(15)19)13-23-11-10-21-20(25)12-18(23)16-7-3-2-4-8-16/h2-9,14,18H,10-13H2,1H3,(H,21,25)/t18-/m0/s1. The topological polar surface area (TPSA) is 49.6 Å². The Morgan fingerprint density at radius 1 is 1.16 bits per heavy atom. The van der Waals surface area contributed by atoms with Crippen molar-refractivity contribution in [3.05, 3.63) is 71.7 Å². The summed E-state index contributed by atoms with van der Waals surface area (Å²) in [4.78, 5) is 19.2. The normalized spacial score (nSPS) is 18.9. The number of fused-ring (bicyclic) bond motifs is 1. The van der Waals surface area contributed by atoms with Crippen LogP contribution in [0.1, 0.15) is 29.4 Å². The van der Waals surface area contributed by atoms with Gasteiger partial charge in [0.25, 0.3) is 0 Å². The van der Waals surface area contributed by atoms with Crippen molar-refractivity contribution in [1.29, 1.82) is 0 Å². The lowest BCUT2D eigenvalue weighted by Crippen LogP contribution is -2.30. The molecular weight excluding hydrogens is 312 g/mol. The molecule has 0 bridgehead atoms. The lowest BCUT2D eigenvalue weighted by Gasteiger charge is -2.28. The average molecular weight is 334 g/mol. The maximum atomic E-state index is 12.1. The number of aryl methyl sites for hydroxylation is 1. The molecule has 1 amide bonds. The predicted octanol–water partition coefficient (Wildman–Crippen LogP) is 2.71. The summed E-state index contributed by atoms with van der Waals surface area (Å²) in [6, 6.07) is 16.5. The van der Waals surface area contributed by atoms with Crippen LogP contribution in [0.2, 0.25) is 0 Å². The van der Waals surface area contributed by atoms with Crippen LogP contribution in [0.25, 0.3) is 5.65 Å². The number of hydrogen-bond donors (Lipinski definition) is 1. The van der Waals surface area contributed by atoms with E-state index in [0.717, 1.165) is 24.4 Å². The number of nitrogens with one attached hydrogen (secondary N) is 1. The molecule has 4 rings (SSSR count). The number of carbonyl (C=O) groups is 1. The summed E-state index contributed by atoms with van der Waals surface area (Å²) in [6.45, 7) is 4.31. The van der Waals surface area contributed by atoms with E-state index in [-0.39, 0.29) is 11.9 Å². The molecule has 0 saturated carbocycles. The molecule has 1 saturated heterocycles. The number of hydrogen-bond acceptors (Lipinski definition) is 3. The van der Waals surface area contributed by atoms with E-state index >= 15 is 0 Å². The monoisotopic (exact) mass is 334 g/mol. The van der Waals surface area contributed by atoms with Crippen LogP contribution in [0.3, 0.4) is 0 Å². The molecule has 0 aliphatic carbocycles. The zero-order valence-corrected chi connectivity index (χ0v) is 14.4. The fourth-order valence-corrected chi connectivity index (χ4v) is 3.55. The number of imidazole rings is 1. The molecule has 5 heteroatoms. The average Bonchev–Trinajstić information content (AvgIpc) is 2.94. The molecule has 1 aliphatic heterocycles. The molecule has 1 aliphatic rings. The number of rotatable bonds is 3. The van der Waals surface area contributed by atoms with Crippen LogP contribution in [0, 0.1) is 6.92 Å². The fraction of sp³-hybridized carbons (Fsp3) is 0.300. The number of amides is 1. The van der Waals surface area contributed by atoms with Crippen molar-refractivity contribution in [2.45, 2.75) is 25.9 Å². The molecule has 3 aromatic rings. The highest BCUT2D eigenvalue weighted by Crippen LogP contribution is 2.27. The highest BCUT2D eigenvalue weighted by Gasteiger charge is 2.26. The molecule has 128 valence electrons. The van der Waals surface area contributed by atoms with Crippen molar-refractivity contribution in [1.82, 2.24) is 19.6 Å². The highest BCUT2D eigenvalue weighted by atomic mass is 16.1. The molecule has 1 atom stereocenters. The first kappa shape index (κ1) is 15.8. The summed E-state index contributed by atoms with van der Waals surface area (Å²) < 4.78 is 2.12. The van der Waals surface area contributed by atoms with Gasteiger partial charge in [0.2, 0.25) is 5.91 Å². The molecule has 25 heavy (non-hydrogen) atoms. The molecule has 5 nitrogen and oxygen atoms in total. The van der Waals surface area contributed by atoms with Gasteiger partial charge in [0.1, 0.15) is 5.65 Å². The molecule has 1 N–H and O–H groups in total. The van der Waals surface area contributed by atoms with Gasteiger partial charge >= 0.3 is 0 Å². The molecule has 3 heterocycles. The van der Waals surface area contributed by atoms with E-state index in [1.54, 1.807) is 0 Å². The van der Waals surface area contributed by atoms with Gasteiger partial charge in [-0.3, -0.25) is 9.69 Å². The van der Waals surface area contributed by atoms with E-state index in [4.69, 9.17) is 4.98 Å². The Balaban J connectivity index is 1.65. The second kappa shape index (κ2) is 6.69. The third-order valence-electron chi connectivity index (χ3n) is 4.84. The van der Waals surface area contributed by atoms with E-state index in [2.05, 4.69) is 45.9 Å². The lowest BCUT2D eigenvalue weighted by atomic mass is 10.0. The van der Waals surface area contributed by atoms with Crippen molar-refractivity contribution < 1.29 is 4.79 Å². The second-order valence-corrected chi connectivity index (χ2v) is 6.58. The lowest BCUT2D eigenvalue weighted by molar-refractivity contribution is -0.121. The van der Waals surface area contributed by atoms with Crippen molar-refractivity contribution in [2.24, 2.45) is 0 Å². The molecule has 0 radical (unpaired) electrons. The quantitative estimate of drug-likeness (QED) is 0.801. The molecule has 1 aromatic carbocycles. The predicted molar refractivity (Wildman–Crippen MR) is 97.1 cm³/mol. The van der Waals surface area contributed by atoms with Crippen LogP contribution in [0.4, 0.5) is 0 Å². The Kier molecular flexibility index (Phi) is 4.24. The first-order valence-corrected chi connectivity index (χ1v) is 8.70. The zero-order chi connectivity index (χ0) is 17.2. The van der Waals surface area contributed by atoms with Crippen LogP contribution in [-0.2, 0) is 11.3 Å². The first-order valence-electron chi connectivity index (χ1n) is 8.70. The minimum atomic E-state index is 0.0783. The summed E-state index contributed by atoms with van der Waals surface area (Å²) in [7, 11) is 0. The first-order chi connectivity index (χ1) is 12.2. The molecule has 0 spiro atoms. The van der Waals surface area contributed by atoms with E-state index in [1.807, 2.05) is 30.3 Å². The largest absolute Gasteiger partial charge is 0.355 e. The number of benzene rings is 1. The van der Waals surface area contributed by atoms with E-state index in [9.17, 15) is 4.79 Å². The van der Waals surface area contributed by atoms with Gasteiger partial charge in [-0.05, 0) is 24.6 Å². The van der Waals surface area contributed by atoms with Gasteiger partial charge in [0.05, 0.1) is 5.69 Å². The zero-order valence-electron chi connectivity index (χ0n) is 14.4.